The smallest absolute Gasteiger partial charge is 0.317 e. The Balaban J connectivity index is 2.47. The van der Waals surface area contributed by atoms with Crippen LogP contribution in [0.25, 0.3) is 0 Å². The number of carbonyl (C=O) groups excluding carboxylic acids is 1. The molecule has 5 nitrogen and oxygen atoms in total. The molecular weight excluding hydrogens is 312 g/mol. The standard InChI is InChI=1S/C17H28N2O3S/c1-13(16-9-7-6-8-10-16)11-12-18-17(20)19(4)14(2)15(3)23(5,21)22/h6-10,13-15H,11-12H2,1-5H3,(H,18,20)/t13-,14+,15-/m1/s1. The van der Waals surface area contributed by atoms with Crippen LogP contribution in [-0.4, -0.2) is 50.5 Å². The van der Waals surface area contributed by atoms with Crippen LogP contribution in [0.1, 0.15) is 38.7 Å². The van der Waals surface area contributed by atoms with Crippen LogP contribution in [0.3, 0.4) is 0 Å². The van der Waals surface area contributed by atoms with Crippen LogP contribution in [0.4, 0.5) is 4.79 Å². The van der Waals surface area contributed by atoms with E-state index in [1.165, 1.54) is 16.7 Å². The molecule has 130 valence electrons. The Morgan fingerprint density at radius 3 is 2.26 bits per heavy atom. The first-order chi connectivity index (χ1) is 10.6. The van der Waals surface area contributed by atoms with Crippen LogP contribution in [0, 0.1) is 0 Å². The van der Waals surface area contributed by atoms with Gasteiger partial charge in [0.2, 0.25) is 0 Å². The summed E-state index contributed by atoms with van der Waals surface area (Å²) in [5.74, 6) is 0.356. The monoisotopic (exact) mass is 340 g/mol. The summed E-state index contributed by atoms with van der Waals surface area (Å²) in [5.41, 5.74) is 1.24. The highest BCUT2D eigenvalue weighted by Gasteiger charge is 2.27. The second-order valence-electron chi connectivity index (χ2n) is 6.22. The molecule has 3 atom stereocenters. The number of benzene rings is 1. The van der Waals surface area contributed by atoms with Crippen molar-refractivity contribution >= 4 is 15.9 Å². The van der Waals surface area contributed by atoms with Gasteiger partial charge < -0.3 is 10.2 Å². The van der Waals surface area contributed by atoms with Crippen molar-refractivity contribution in [3.05, 3.63) is 35.9 Å². The van der Waals surface area contributed by atoms with E-state index in [9.17, 15) is 13.2 Å². The number of rotatable bonds is 7. The van der Waals surface area contributed by atoms with Gasteiger partial charge >= 0.3 is 6.03 Å². The van der Waals surface area contributed by atoms with Gasteiger partial charge in [-0.2, -0.15) is 0 Å². The van der Waals surface area contributed by atoms with E-state index in [0.29, 0.717) is 12.5 Å². The van der Waals surface area contributed by atoms with E-state index in [2.05, 4.69) is 24.4 Å². The van der Waals surface area contributed by atoms with Crippen LogP contribution >= 0.6 is 0 Å². The molecule has 0 aliphatic carbocycles. The Bertz CT molecular complexity index is 602. The zero-order chi connectivity index (χ0) is 17.6. The molecule has 6 heteroatoms. The van der Waals surface area contributed by atoms with E-state index in [0.717, 1.165) is 6.42 Å². The lowest BCUT2D eigenvalue weighted by atomic mass is 9.98. The lowest BCUT2D eigenvalue weighted by Crippen LogP contribution is -2.48. The SMILES string of the molecule is C[C@H](CCNC(=O)N(C)[C@@H](C)[C@@H](C)S(C)(=O)=O)c1ccccc1. The van der Waals surface area contributed by atoms with Crippen molar-refractivity contribution in [3.63, 3.8) is 0 Å². The van der Waals surface area contributed by atoms with E-state index in [1.54, 1.807) is 20.9 Å². The fourth-order valence-corrected chi connectivity index (χ4v) is 3.22. The molecule has 0 saturated heterocycles. The summed E-state index contributed by atoms with van der Waals surface area (Å²) in [6, 6.07) is 9.53. The molecule has 0 aromatic heterocycles. The number of carbonyl (C=O) groups is 1. The second-order valence-corrected chi connectivity index (χ2v) is 8.62. The maximum absolute atomic E-state index is 12.2. The fourth-order valence-electron chi connectivity index (χ4n) is 2.33. The van der Waals surface area contributed by atoms with Crippen LogP contribution in [0.5, 0.6) is 0 Å². The number of sulfone groups is 1. The molecule has 1 aromatic rings. The van der Waals surface area contributed by atoms with Gasteiger partial charge in [-0.25, -0.2) is 13.2 Å². The van der Waals surface area contributed by atoms with Crippen molar-refractivity contribution in [3.8, 4) is 0 Å². The van der Waals surface area contributed by atoms with Crippen molar-refractivity contribution < 1.29 is 13.2 Å². The quantitative estimate of drug-likeness (QED) is 0.830. The third-order valence-corrected chi connectivity index (χ3v) is 6.25. The summed E-state index contributed by atoms with van der Waals surface area (Å²) in [6.07, 6.45) is 2.03. The van der Waals surface area contributed by atoms with E-state index in [-0.39, 0.29) is 12.1 Å². The Morgan fingerprint density at radius 1 is 1.17 bits per heavy atom. The normalized spacial score (nSPS) is 15.5. The van der Waals surface area contributed by atoms with Crippen LogP contribution < -0.4 is 5.32 Å². The van der Waals surface area contributed by atoms with Gasteiger partial charge in [-0.1, -0.05) is 37.3 Å². The van der Waals surface area contributed by atoms with Gasteiger partial charge in [0.05, 0.1) is 5.25 Å². The molecule has 0 bridgehead atoms. The topological polar surface area (TPSA) is 66.5 Å². The maximum Gasteiger partial charge on any atom is 0.317 e. The van der Waals surface area contributed by atoms with E-state index >= 15 is 0 Å². The van der Waals surface area contributed by atoms with Crippen LogP contribution in [0.2, 0.25) is 0 Å². The molecular formula is C17H28N2O3S. The number of urea groups is 1. The molecule has 23 heavy (non-hydrogen) atoms. The Morgan fingerprint density at radius 2 is 1.74 bits per heavy atom. The van der Waals surface area contributed by atoms with Gasteiger partial charge in [-0.15, -0.1) is 0 Å². The van der Waals surface area contributed by atoms with E-state index in [1.807, 2.05) is 18.2 Å². The first-order valence-corrected chi connectivity index (χ1v) is 9.84. The van der Waals surface area contributed by atoms with Crippen molar-refractivity contribution in [1.29, 1.82) is 0 Å². The number of hydrogen-bond acceptors (Lipinski definition) is 3. The van der Waals surface area contributed by atoms with Gasteiger partial charge in [0.1, 0.15) is 0 Å². The lowest BCUT2D eigenvalue weighted by Gasteiger charge is -2.29. The minimum Gasteiger partial charge on any atom is -0.338 e. The summed E-state index contributed by atoms with van der Waals surface area (Å²) in [6.45, 7) is 6.05. The molecule has 0 radical (unpaired) electrons. The van der Waals surface area contributed by atoms with Crippen molar-refractivity contribution in [2.75, 3.05) is 19.8 Å². The van der Waals surface area contributed by atoms with Gasteiger partial charge in [0, 0.05) is 25.9 Å². The minimum atomic E-state index is -3.17. The predicted octanol–water partition coefficient (Wildman–Crippen LogP) is 2.64. The van der Waals surface area contributed by atoms with Crippen molar-refractivity contribution in [2.24, 2.45) is 0 Å². The molecule has 0 saturated carbocycles. The number of amides is 2. The third kappa shape index (κ3) is 5.86. The van der Waals surface area contributed by atoms with Gasteiger partial charge in [0.15, 0.2) is 9.84 Å². The predicted molar refractivity (Wildman–Crippen MR) is 94.4 cm³/mol. The Kier molecular flexibility index (Phi) is 7.06. The molecule has 0 unspecified atom stereocenters. The summed E-state index contributed by atoms with van der Waals surface area (Å²) in [5, 5.41) is 2.27. The van der Waals surface area contributed by atoms with Gasteiger partial charge in [0.25, 0.3) is 0 Å². The zero-order valence-electron chi connectivity index (χ0n) is 14.6. The molecule has 0 aliphatic heterocycles. The molecule has 0 aliphatic rings. The number of nitrogens with zero attached hydrogens (tertiary/aromatic N) is 1. The van der Waals surface area contributed by atoms with Crippen molar-refractivity contribution in [1.82, 2.24) is 10.2 Å². The first-order valence-electron chi connectivity index (χ1n) is 7.89. The molecule has 2 amide bonds. The van der Waals surface area contributed by atoms with Gasteiger partial charge in [-0.3, -0.25) is 0 Å². The molecule has 1 aromatic carbocycles. The third-order valence-electron chi connectivity index (χ3n) is 4.51. The minimum absolute atomic E-state index is 0.242. The van der Waals surface area contributed by atoms with Crippen LogP contribution in [-0.2, 0) is 9.84 Å². The van der Waals surface area contributed by atoms with Crippen LogP contribution in [0.15, 0.2) is 30.3 Å². The Hall–Kier alpha value is -1.56. The summed E-state index contributed by atoms with van der Waals surface area (Å²) in [4.78, 5) is 13.6. The van der Waals surface area contributed by atoms with Gasteiger partial charge in [-0.05, 0) is 31.7 Å². The summed E-state index contributed by atoms with van der Waals surface area (Å²) in [7, 11) is -1.54. The Labute approximate surface area is 140 Å². The van der Waals surface area contributed by atoms with E-state index in [4.69, 9.17) is 0 Å². The zero-order valence-corrected chi connectivity index (χ0v) is 15.4. The maximum atomic E-state index is 12.2. The fraction of sp³-hybridized carbons (Fsp3) is 0.588. The molecule has 1 rings (SSSR count). The van der Waals surface area contributed by atoms with Crippen molar-refractivity contribution in [2.45, 2.75) is 44.4 Å². The lowest BCUT2D eigenvalue weighted by molar-refractivity contribution is 0.193. The summed E-state index contributed by atoms with van der Waals surface area (Å²) >= 11 is 0. The first kappa shape index (κ1) is 19.5. The highest BCUT2D eigenvalue weighted by molar-refractivity contribution is 7.91. The largest absolute Gasteiger partial charge is 0.338 e. The van der Waals surface area contributed by atoms with E-state index < -0.39 is 15.1 Å². The highest BCUT2D eigenvalue weighted by atomic mass is 32.2. The molecule has 0 fully saturated rings. The number of nitrogens with one attached hydrogen (secondary N) is 1. The summed E-state index contributed by atoms with van der Waals surface area (Å²) < 4.78 is 23.2. The molecule has 1 N–H and O–H groups in total. The number of hydrogen-bond donors (Lipinski definition) is 1. The molecule has 0 spiro atoms. The second kappa shape index (κ2) is 8.34. The highest BCUT2D eigenvalue weighted by Crippen LogP contribution is 2.17. The average molecular weight is 340 g/mol. The average Bonchev–Trinajstić information content (AvgIpc) is 2.52. The molecule has 0 heterocycles.